The van der Waals surface area contributed by atoms with Gasteiger partial charge in [0.05, 0.1) is 24.2 Å². The molecule has 1 atom stereocenters. The monoisotopic (exact) mass is 284 g/mol. The first-order valence-electron chi connectivity index (χ1n) is 6.20. The summed E-state index contributed by atoms with van der Waals surface area (Å²) in [5.74, 6) is -0.316. The normalized spacial score (nSPS) is 12.3. The van der Waals surface area contributed by atoms with E-state index < -0.39 is 12.0 Å². The van der Waals surface area contributed by atoms with Gasteiger partial charge in [0.2, 0.25) is 5.91 Å². The van der Waals surface area contributed by atoms with Gasteiger partial charge >= 0.3 is 5.97 Å². The van der Waals surface area contributed by atoms with Gasteiger partial charge < -0.3 is 10.1 Å². The van der Waals surface area contributed by atoms with Crippen LogP contribution >= 0.6 is 11.3 Å². The molecule has 1 N–H and O–H groups in total. The first kappa shape index (κ1) is 15.6. The summed E-state index contributed by atoms with van der Waals surface area (Å²) in [7, 11) is 1.33. The van der Waals surface area contributed by atoms with Gasteiger partial charge in [-0.15, -0.1) is 11.3 Å². The molecule has 0 aromatic carbocycles. The molecule has 106 valence electrons. The zero-order valence-corrected chi connectivity index (χ0v) is 12.5. The molecule has 6 heteroatoms. The number of aromatic nitrogens is 1. The van der Waals surface area contributed by atoms with E-state index in [1.165, 1.54) is 18.4 Å². The van der Waals surface area contributed by atoms with Crippen LogP contribution in [0.1, 0.15) is 31.0 Å². The number of rotatable bonds is 6. The number of methoxy groups -OCH3 is 1. The molecule has 1 unspecified atom stereocenters. The van der Waals surface area contributed by atoms with Gasteiger partial charge in [0, 0.05) is 5.38 Å². The summed E-state index contributed by atoms with van der Waals surface area (Å²) >= 11 is 1.50. The van der Waals surface area contributed by atoms with Crippen LogP contribution in [0.3, 0.4) is 0 Å². The topological polar surface area (TPSA) is 68.3 Å². The first-order chi connectivity index (χ1) is 8.92. The van der Waals surface area contributed by atoms with E-state index in [4.69, 9.17) is 4.74 Å². The lowest BCUT2D eigenvalue weighted by atomic mass is 10.0. The molecule has 0 spiro atoms. The van der Waals surface area contributed by atoms with Crippen molar-refractivity contribution in [2.75, 3.05) is 7.11 Å². The van der Waals surface area contributed by atoms with Crippen LogP contribution in [0.15, 0.2) is 5.38 Å². The fourth-order valence-electron chi connectivity index (χ4n) is 1.73. The predicted octanol–water partition coefficient (Wildman–Crippen LogP) is 1.70. The number of nitrogens with one attached hydrogen (secondary N) is 1. The zero-order chi connectivity index (χ0) is 14.4. The van der Waals surface area contributed by atoms with Gasteiger partial charge in [0.1, 0.15) is 6.04 Å². The van der Waals surface area contributed by atoms with Crippen LogP contribution in [0.5, 0.6) is 0 Å². The molecule has 0 aliphatic heterocycles. The number of nitrogens with zero attached hydrogens (tertiary/aromatic N) is 1. The van der Waals surface area contributed by atoms with Crippen molar-refractivity contribution in [2.24, 2.45) is 5.92 Å². The molecule has 1 heterocycles. The van der Waals surface area contributed by atoms with E-state index in [1.54, 1.807) is 0 Å². The van der Waals surface area contributed by atoms with E-state index in [2.05, 4.69) is 10.3 Å². The molecule has 1 amide bonds. The molecule has 0 radical (unpaired) electrons. The Morgan fingerprint density at radius 2 is 2.16 bits per heavy atom. The SMILES string of the molecule is COC(=O)C(CC(C)C)NC(=O)Cc1csc(C)n1. The Bertz CT molecular complexity index is 443. The first-order valence-corrected chi connectivity index (χ1v) is 7.08. The number of carbonyl (C=O) groups excluding carboxylic acids is 2. The minimum Gasteiger partial charge on any atom is -0.467 e. The van der Waals surface area contributed by atoms with E-state index in [9.17, 15) is 9.59 Å². The summed E-state index contributed by atoms with van der Waals surface area (Å²) in [5.41, 5.74) is 0.730. The predicted molar refractivity (Wildman–Crippen MR) is 74.0 cm³/mol. The van der Waals surface area contributed by atoms with Crippen LogP contribution < -0.4 is 5.32 Å². The molecule has 19 heavy (non-hydrogen) atoms. The van der Waals surface area contributed by atoms with Crippen molar-refractivity contribution in [2.45, 2.75) is 39.7 Å². The van der Waals surface area contributed by atoms with Crippen molar-refractivity contribution in [1.82, 2.24) is 10.3 Å². The third kappa shape index (κ3) is 5.38. The smallest absolute Gasteiger partial charge is 0.328 e. The van der Waals surface area contributed by atoms with Crippen LogP contribution in [0.2, 0.25) is 0 Å². The van der Waals surface area contributed by atoms with Crippen LogP contribution in [-0.2, 0) is 20.7 Å². The van der Waals surface area contributed by atoms with Crippen LogP contribution in [0.4, 0.5) is 0 Å². The highest BCUT2D eigenvalue weighted by Crippen LogP contribution is 2.10. The summed E-state index contributed by atoms with van der Waals surface area (Å²) in [6.07, 6.45) is 0.754. The van der Waals surface area contributed by atoms with Gasteiger partial charge in [-0.3, -0.25) is 4.79 Å². The van der Waals surface area contributed by atoms with Crippen molar-refractivity contribution in [3.8, 4) is 0 Å². The van der Waals surface area contributed by atoms with Crippen LogP contribution in [0.25, 0.3) is 0 Å². The van der Waals surface area contributed by atoms with Crippen LogP contribution in [0, 0.1) is 12.8 Å². The second kappa shape index (κ2) is 7.23. The summed E-state index contributed by atoms with van der Waals surface area (Å²) in [4.78, 5) is 27.7. The summed E-state index contributed by atoms with van der Waals surface area (Å²) < 4.78 is 4.70. The number of esters is 1. The van der Waals surface area contributed by atoms with Gasteiger partial charge in [0.25, 0.3) is 0 Å². The summed E-state index contributed by atoms with van der Waals surface area (Å²) in [6, 6.07) is -0.586. The lowest BCUT2D eigenvalue weighted by Crippen LogP contribution is -2.43. The minimum absolute atomic E-state index is 0.190. The highest BCUT2D eigenvalue weighted by Gasteiger charge is 2.22. The van der Waals surface area contributed by atoms with Gasteiger partial charge in [-0.2, -0.15) is 0 Å². The fourth-order valence-corrected chi connectivity index (χ4v) is 2.34. The molecular weight excluding hydrogens is 264 g/mol. The van der Waals surface area contributed by atoms with Crippen molar-refractivity contribution in [3.63, 3.8) is 0 Å². The Balaban J connectivity index is 2.57. The van der Waals surface area contributed by atoms with E-state index in [0.29, 0.717) is 12.3 Å². The molecule has 0 fully saturated rings. The average Bonchev–Trinajstić information content (AvgIpc) is 2.72. The van der Waals surface area contributed by atoms with Gasteiger partial charge in [-0.05, 0) is 19.3 Å². The van der Waals surface area contributed by atoms with Crippen molar-refractivity contribution in [1.29, 1.82) is 0 Å². The standard InChI is InChI=1S/C13H20N2O3S/c1-8(2)5-11(13(17)18-4)15-12(16)6-10-7-19-9(3)14-10/h7-8,11H,5-6H2,1-4H3,(H,15,16). The van der Waals surface area contributed by atoms with Gasteiger partial charge in [-0.1, -0.05) is 13.8 Å². The molecule has 1 aromatic rings. The number of hydrogen-bond acceptors (Lipinski definition) is 5. The zero-order valence-electron chi connectivity index (χ0n) is 11.7. The quantitative estimate of drug-likeness (QED) is 0.807. The molecule has 0 saturated carbocycles. The number of aryl methyl sites for hydroxylation is 1. The lowest BCUT2D eigenvalue weighted by Gasteiger charge is -2.18. The summed E-state index contributed by atoms with van der Waals surface area (Å²) in [6.45, 7) is 5.87. The fraction of sp³-hybridized carbons (Fsp3) is 0.615. The number of amides is 1. The molecule has 1 aromatic heterocycles. The van der Waals surface area contributed by atoms with Crippen molar-refractivity contribution >= 4 is 23.2 Å². The van der Waals surface area contributed by atoms with Crippen molar-refractivity contribution < 1.29 is 14.3 Å². The number of thiazole rings is 1. The van der Waals surface area contributed by atoms with E-state index >= 15 is 0 Å². The highest BCUT2D eigenvalue weighted by atomic mass is 32.1. The third-order valence-electron chi connectivity index (χ3n) is 2.54. The minimum atomic E-state index is -0.586. The number of ether oxygens (including phenoxy) is 1. The van der Waals surface area contributed by atoms with Gasteiger partial charge in [0.15, 0.2) is 0 Å². The largest absolute Gasteiger partial charge is 0.467 e. The Kier molecular flexibility index (Phi) is 5.95. The maximum atomic E-state index is 11.9. The third-order valence-corrected chi connectivity index (χ3v) is 3.36. The molecule has 0 aliphatic carbocycles. The average molecular weight is 284 g/mol. The number of carbonyl (C=O) groups is 2. The highest BCUT2D eigenvalue weighted by molar-refractivity contribution is 7.09. The molecular formula is C13H20N2O3S. The molecule has 1 rings (SSSR count). The van der Waals surface area contributed by atoms with Crippen LogP contribution in [-0.4, -0.2) is 30.0 Å². The Morgan fingerprint density at radius 3 is 2.63 bits per heavy atom. The molecule has 5 nitrogen and oxygen atoms in total. The maximum Gasteiger partial charge on any atom is 0.328 e. The second-order valence-corrected chi connectivity index (χ2v) is 5.87. The number of hydrogen-bond donors (Lipinski definition) is 1. The van der Waals surface area contributed by atoms with Crippen molar-refractivity contribution in [3.05, 3.63) is 16.1 Å². The second-order valence-electron chi connectivity index (χ2n) is 4.81. The maximum absolute atomic E-state index is 11.9. The van der Waals surface area contributed by atoms with Gasteiger partial charge in [-0.25, -0.2) is 9.78 Å². The van der Waals surface area contributed by atoms with E-state index in [-0.39, 0.29) is 12.3 Å². The Morgan fingerprint density at radius 1 is 1.47 bits per heavy atom. The van der Waals surface area contributed by atoms with E-state index in [1.807, 2.05) is 26.2 Å². The molecule has 0 saturated heterocycles. The molecule has 0 aliphatic rings. The summed E-state index contributed by atoms with van der Waals surface area (Å²) in [5, 5.41) is 5.49. The molecule has 0 bridgehead atoms. The lowest BCUT2D eigenvalue weighted by molar-refractivity contribution is -0.145. The Hall–Kier alpha value is -1.43. The Labute approximate surface area is 117 Å². The van der Waals surface area contributed by atoms with E-state index in [0.717, 1.165) is 10.7 Å².